The van der Waals surface area contributed by atoms with E-state index >= 15 is 0 Å². The van der Waals surface area contributed by atoms with E-state index in [0.717, 1.165) is 54.1 Å². The van der Waals surface area contributed by atoms with Crippen molar-refractivity contribution in [2.75, 3.05) is 20.1 Å². The van der Waals surface area contributed by atoms with Crippen LogP contribution in [0, 0.1) is 13.8 Å². The first kappa shape index (κ1) is 20.6. The van der Waals surface area contributed by atoms with Crippen LogP contribution in [0.1, 0.15) is 21.4 Å². The highest BCUT2D eigenvalue weighted by Gasteiger charge is 2.06. The second-order valence-electron chi connectivity index (χ2n) is 5.72. The van der Waals surface area contributed by atoms with Crippen LogP contribution in [0.4, 0.5) is 0 Å². The van der Waals surface area contributed by atoms with Crippen LogP contribution in [0.3, 0.4) is 0 Å². The van der Waals surface area contributed by atoms with Crippen LogP contribution in [0.25, 0.3) is 5.65 Å². The molecule has 0 radical (unpaired) electrons. The fourth-order valence-corrected chi connectivity index (χ4v) is 3.44. The van der Waals surface area contributed by atoms with Gasteiger partial charge in [-0.15, -0.1) is 45.5 Å². The third-order valence-corrected chi connectivity index (χ3v) is 5.09. The van der Waals surface area contributed by atoms with E-state index in [2.05, 4.69) is 44.7 Å². The Morgan fingerprint density at radius 3 is 2.62 bits per heavy atom. The van der Waals surface area contributed by atoms with Crippen LogP contribution < -0.4 is 10.6 Å². The lowest BCUT2D eigenvalue weighted by molar-refractivity contribution is 0.755. The molecule has 0 bridgehead atoms. The molecular formula is C17H24IN7S. The van der Waals surface area contributed by atoms with Crippen molar-refractivity contribution in [3.05, 3.63) is 45.8 Å². The number of aliphatic imine (C=N–C) groups is 1. The van der Waals surface area contributed by atoms with Gasteiger partial charge in [0.25, 0.3) is 0 Å². The average Bonchev–Trinajstić information content (AvgIpc) is 3.17. The first-order valence-electron chi connectivity index (χ1n) is 8.33. The fourth-order valence-electron chi connectivity index (χ4n) is 2.51. The van der Waals surface area contributed by atoms with Crippen molar-refractivity contribution < 1.29 is 0 Å². The van der Waals surface area contributed by atoms with Gasteiger partial charge in [-0.25, -0.2) is 4.98 Å². The van der Waals surface area contributed by atoms with Gasteiger partial charge < -0.3 is 10.6 Å². The maximum atomic E-state index is 4.56. The number of hydrogen-bond acceptors (Lipinski definition) is 5. The number of nitrogens with one attached hydrogen (secondary N) is 2. The quantitative estimate of drug-likeness (QED) is 0.319. The second-order valence-corrected chi connectivity index (χ2v) is 7.01. The van der Waals surface area contributed by atoms with Gasteiger partial charge >= 0.3 is 0 Å². The number of halogens is 1. The molecule has 3 heterocycles. The lowest BCUT2D eigenvalue weighted by Gasteiger charge is -2.10. The normalized spacial score (nSPS) is 11.4. The summed E-state index contributed by atoms with van der Waals surface area (Å²) >= 11 is 1.76. The Morgan fingerprint density at radius 1 is 1.15 bits per heavy atom. The van der Waals surface area contributed by atoms with Crippen molar-refractivity contribution in [1.29, 1.82) is 0 Å². The van der Waals surface area contributed by atoms with Crippen LogP contribution in [0.15, 0.2) is 29.4 Å². The van der Waals surface area contributed by atoms with Crippen molar-refractivity contribution in [3.63, 3.8) is 0 Å². The molecule has 26 heavy (non-hydrogen) atoms. The monoisotopic (exact) mass is 485 g/mol. The first-order chi connectivity index (χ1) is 12.2. The molecule has 0 aliphatic heterocycles. The minimum atomic E-state index is 0. The zero-order valence-corrected chi connectivity index (χ0v) is 18.3. The minimum absolute atomic E-state index is 0. The largest absolute Gasteiger partial charge is 0.356 e. The van der Waals surface area contributed by atoms with Gasteiger partial charge in [0, 0.05) is 44.1 Å². The zero-order valence-electron chi connectivity index (χ0n) is 15.2. The van der Waals surface area contributed by atoms with Crippen molar-refractivity contribution in [3.8, 4) is 0 Å². The number of pyridine rings is 1. The summed E-state index contributed by atoms with van der Waals surface area (Å²) in [5, 5.41) is 16.2. The van der Waals surface area contributed by atoms with Crippen LogP contribution in [0.5, 0.6) is 0 Å². The van der Waals surface area contributed by atoms with Gasteiger partial charge in [-0.2, -0.15) is 0 Å². The van der Waals surface area contributed by atoms with E-state index in [-0.39, 0.29) is 24.0 Å². The topological polar surface area (TPSA) is 79.5 Å². The van der Waals surface area contributed by atoms with Gasteiger partial charge in [0.15, 0.2) is 11.6 Å². The fraction of sp³-hybridized carbons (Fsp3) is 0.412. The second kappa shape index (κ2) is 9.81. The van der Waals surface area contributed by atoms with E-state index < -0.39 is 0 Å². The summed E-state index contributed by atoms with van der Waals surface area (Å²) in [6, 6.07) is 5.89. The van der Waals surface area contributed by atoms with Gasteiger partial charge in [-0.05, 0) is 26.0 Å². The van der Waals surface area contributed by atoms with E-state index in [4.69, 9.17) is 0 Å². The van der Waals surface area contributed by atoms with Crippen LogP contribution in [-0.2, 0) is 12.8 Å². The number of fused-ring (bicyclic) bond motifs is 1. The summed E-state index contributed by atoms with van der Waals surface area (Å²) in [4.78, 5) is 10.1. The molecule has 0 aliphatic rings. The Hall–Kier alpha value is -1.75. The Bertz CT molecular complexity index is 852. The van der Waals surface area contributed by atoms with Crippen molar-refractivity contribution >= 4 is 46.9 Å². The molecule has 0 fully saturated rings. The molecule has 7 nitrogen and oxygen atoms in total. The third kappa shape index (κ3) is 5.13. The van der Waals surface area contributed by atoms with Gasteiger partial charge in [0.1, 0.15) is 5.82 Å². The number of aryl methyl sites for hydroxylation is 2. The summed E-state index contributed by atoms with van der Waals surface area (Å²) in [6.07, 6.45) is 3.65. The molecule has 3 rings (SSSR count). The number of hydrogen-bond donors (Lipinski definition) is 2. The molecule has 0 saturated heterocycles. The van der Waals surface area contributed by atoms with E-state index in [1.807, 2.05) is 28.8 Å². The van der Waals surface area contributed by atoms with Crippen molar-refractivity contribution in [2.24, 2.45) is 4.99 Å². The molecule has 0 aromatic carbocycles. The zero-order chi connectivity index (χ0) is 17.6. The van der Waals surface area contributed by atoms with Crippen LogP contribution in [-0.4, -0.2) is 45.7 Å². The van der Waals surface area contributed by atoms with Gasteiger partial charge in [0.05, 0.1) is 10.7 Å². The molecule has 2 N–H and O–H groups in total. The average molecular weight is 485 g/mol. The number of rotatable bonds is 6. The Balaban J connectivity index is 0.00000243. The molecule has 3 aromatic rings. The molecular weight excluding hydrogens is 461 g/mol. The summed E-state index contributed by atoms with van der Waals surface area (Å²) < 4.78 is 2.00. The standard InChI is InChI=1S/C17H23N7S.HI/c1-12-13(2)25-16(21-12)8-10-20-17(18-3)19-9-7-15-23-22-14-6-4-5-11-24(14)15;/h4-6,11H,7-10H2,1-3H3,(H2,18,19,20);1H. The van der Waals surface area contributed by atoms with Crippen molar-refractivity contribution in [2.45, 2.75) is 26.7 Å². The molecule has 140 valence electrons. The van der Waals surface area contributed by atoms with Gasteiger partial charge in [0.2, 0.25) is 0 Å². The summed E-state index contributed by atoms with van der Waals surface area (Å²) in [5.41, 5.74) is 2.00. The van der Waals surface area contributed by atoms with E-state index in [1.54, 1.807) is 18.4 Å². The van der Waals surface area contributed by atoms with E-state index in [9.17, 15) is 0 Å². The van der Waals surface area contributed by atoms with Gasteiger partial charge in [-0.1, -0.05) is 6.07 Å². The molecule has 0 amide bonds. The highest BCUT2D eigenvalue weighted by atomic mass is 127. The molecule has 0 spiro atoms. The molecule has 0 unspecified atom stereocenters. The lowest BCUT2D eigenvalue weighted by Crippen LogP contribution is -2.39. The van der Waals surface area contributed by atoms with E-state index in [0.29, 0.717) is 0 Å². The highest BCUT2D eigenvalue weighted by molar-refractivity contribution is 14.0. The maximum absolute atomic E-state index is 4.56. The number of thiazole rings is 1. The minimum Gasteiger partial charge on any atom is -0.356 e. The molecule has 0 aliphatic carbocycles. The SMILES string of the molecule is CN=C(NCCc1nc(C)c(C)s1)NCCc1nnc2ccccn12.I. The number of aromatic nitrogens is 4. The Labute approximate surface area is 174 Å². The summed E-state index contributed by atoms with van der Waals surface area (Å²) in [6.45, 7) is 5.71. The molecule has 3 aromatic heterocycles. The van der Waals surface area contributed by atoms with Crippen molar-refractivity contribution in [1.82, 2.24) is 30.2 Å². The number of guanidine groups is 1. The highest BCUT2D eigenvalue weighted by Crippen LogP contribution is 2.16. The third-order valence-electron chi connectivity index (χ3n) is 3.95. The Morgan fingerprint density at radius 2 is 1.92 bits per heavy atom. The van der Waals surface area contributed by atoms with Crippen LogP contribution >= 0.6 is 35.3 Å². The summed E-state index contributed by atoms with van der Waals surface area (Å²) in [7, 11) is 1.78. The lowest BCUT2D eigenvalue weighted by atomic mass is 10.4. The van der Waals surface area contributed by atoms with Crippen LogP contribution in [0.2, 0.25) is 0 Å². The first-order valence-corrected chi connectivity index (χ1v) is 9.15. The van der Waals surface area contributed by atoms with Gasteiger partial charge in [-0.3, -0.25) is 9.39 Å². The predicted molar refractivity (Wildman–Crippen MR) is 117 cm³/mol. The smallest absolute Gasteiger partial charge is 0.191 e. The Kier molecular flexibility index (Phi) is 7.76. The maximum Gasteiger partial charge on any atom is 0.191 e. The number of nitrogens with zero attached hydrogens (tertiary/aromatic N) is 5. The summed E-state index contributed by atoms with van der Waals surface area (Å²) in [5.74, 6) is 1.73. The molecule has 0 saturated carbocycles. The molecule has 9 heteroatoms. The predicted octanol–water partition coefficient (Wildman–Crippen LogP) is 2.37. The van der Waals surface area contributed by atoms with E-state index in [1.165, 1.54) is 4.88 Å². The molecule has 0 atom stereocenters.